The normalized spacial score (nSPS) is 26.6. The van der Waals surface area contributed by atoms with Crippen molar-refractivity contribution in [3.63, 3.8) is 0 Å². The Morgan fingerprint density at radius 2 is 1.90 bits per heavy atom. The van der Waals surface area contributed by atoms with Gasteiger partial charge in [-0.15, -0.1) is 0 Å². The van der Waals surface area contributed by atoms with Crippen molar-refractivity contribution in [2.75, 3.05) is 26.2 Å². The molecule has 0 unspecified atom stereocenters. The molecule has 0 bridgehead atoms. The van der Waals surface area contributed by atoms with Crippen LogP contribution >= 0.6 is 0 Å². The van der Waals surface area contributed by atoms with E-state index < -0.39 is 5.41 Å². The summed E-state index contributed by atoms with van der Waals surface area (Å²) in [6.07, 6.45) is 7.04. The van der Waals surface area contributed by atoms with E-state index in [-0.39, 0.29) is 5.91 Å². The molecule has 1 amide bonds. The van der Waals surface area contributed by atoms with Crippen molar-refractivity contribution in [1.82, 2.24) is 9.80 Å². The molecule has 5 nitrogen and oxygen atoms in total. The molecule has 0 aromatic heterocycles. The van der Waals surface area contributed by atoms with Crippen LogP contribution in [0.2, 0.25) is 0 Å². The number of carbonyl (C=O) groups excluding carboxylic acids is 1. The summed E-state index contributed by atoms with van der Waals surface area (Å²) in [5.74, 6) is 1.92. The standard InChI is InChI=1S/C25H36N4O/c1-18(2)19-4-7-22(8-5-19)28-13-10-25(11-14-28)23-9-6-21(27-3)16-20(23)17-29(15-12-26)24(25)30/h6,9,16,18-19,22H,4-5,7-8,10-15,17,26H2,1-2H3. The summed E-state index contributed by atoms with van der Waals surface area (Å²) < 4.78 is 0. The lowest BCUT2D eigenvalue weighted by Gasteiger charge is -2.49. The lowest BCUT2D eigenvalue weighted by Crippen LogP contribution is -2.57. The lowest BCUT2D eigenvalue weighted by atomic mass is 9.67. The van der Waals surface area contributed by atoms with Gasteiger partial charge >= 0.3 is 0 Å². The van der Waals surface area contributed by atoms with E-state index in [1.165, 1.54) is 25.7 Å². The molecule has 0 radical (unpaired) electrons. The van der Waals surface area contributed by atoms with Crippen LogP contribution in [0, 0.1) is 18.4 Å². The van der Waals surface area contributed by atoms with Crippen LogP contribution in [-0.2, 0) is 16.8 Å². The number of benzene rings is 1. The Labute approximate surface area is 181 Å². The largest absolute Gasteiger partial charge is 0.336 e. The fraction of sp³-hybridized carbons (Fsp3) is 0.680. The molecule has 162 valence electrons. The highest BCUT2D eigenvalue weighted by atomic mass is 16.2. The number of nitrogens with two attached hydrogens (primary N) is 1. The predicted molar refractivity (Wildman–Crippen MR) is 120 cm³/mol. The zero-order valence-corrected chi connectivity index (χ0v) is 18.6. The Morgan fingerprint density at radius 3 is 2.50 bits per heavy atom. The molecule has 2 N–H and O–H groups in total. The number of rotatable bonds is 4. The van der Waals surface area contributed by atoms with E-state index in [4.69, 9.17) is 12.3 Å². The first-order valence-corrected chi connectivity index (χ1v) is 11.7. The lowest BCUT2D eigenvalue weighted by molar-refractivity contribution is -0.142. The second-order valence-electron chi connectivity index (χ2n) is 9.90. The van der Waals surface area contributed by atoms with Gasteiger partial charge in [0.1, 0.15) is 0 Å². The van der Waals surface area contributed by atoms with E-state index in [0.29, 0.717) is 31.4 Å². The van der Waals surface area contributed by atoms with Gasteiger partial charge in [0.25, 0.3) is 0 Å². The van der Waals surface area contributed by atoms with Crippen LogP contribution in [0.5, 0.6) is 0 Å². The van der Waals surface area contributed by atoms with E-state index in [2.05, 4.69) is 29.7 Å². The van der Waals surface area contributed by atoms with Crippen LogP contribution in [0.3, 0.4) is 0 Å². The quantitative estimate of drug-likeness (QED) is 0.764. The Hall–Kier alpha value is -1.90. The highest BCUT2D eigenvalue weighted by molar-refractivity contribution is 5.91. The van der Waals surface area contributed by atoms with E-state index in [1.807, 2.05) is 17.0 Å². The fourth-order valence-corrected chi connectivity index (χ4v) is 6.17. The third-order valence-corrected chi connectivity index (χ3v) is 8.04. The van der Waals surface area contributed by atoms with E-state index >= 15 is 0 Å². The van der Waals surface area contributed by atoms with Crippen molar-refractivity contribution in [2.24, 2.45) is 17.6 Å². The van der Waals surface area contributed by atoms with Crippen LogP contribution in [-0.4, -0.2) is 47.9 Å². The van der Waals surface area contributed by atoms with Gasteiger partial charge in [-0.25, -0.2) is 4.85 Å². The van der Waals surface area contributed by atoms with E-state index in [9.17, 15) is 4.79 Å². The first-order valence-electron chi connectivity index (χ1n) is 11.7. The number of amides is 1. The summed E-state index contributed by atoms with van der Waals surface area (Å²) in [5.41, 5.74) is 8.34. The minimum absolute atomic E-state index is 0.249. The van der Waals surface area contributed by atoms with Gasteiger partial charge in [0.05, 0.1) is 12.0 Å². The number of fused-ring (bicyclic) bond motifs is 2. The summed E-state index contributed by atoms with van der Waals surface area (Å²) >= 11 is 0. The summed E-state index contributed by atoms with van der Waals surface area (Å²) in [7, 11) is 0. The molecule has 1 aromatic rings. The van der Waals surface area contributed by atoms with Crippen LogP contribution in [0.4, 0.5) is 5.69 Å². The number of likely N-dealkylation sites (tertiary alicyclic amines) is 1. The minimum Gasteiger partial charge on any atom is -0.336 e. The maximum atomic E-state index is 13.6. The first-order chi connectivity index (χ1) is 14.5. The maximum absolute atomic E-state index is 13.6. The van der Waals surface area contributed by atoms with Crippen LogP contribution in [0.25, 0.3) is 4.85 Å². The smallest absolute Gasteiger partial charge is 0.233 e. The molecular weight excluding hydrogens is 372 g/mol. The van der Waals surface area contributed by atoms with E-state index in [1.54, 1.807) is 0 Å². The van der Waals surface area contributed by atoms with Crippen molar-refractivity contribution in [2.45, 2.75) is 70.4 Å². The highest BCUT2D eigenvalue weighted by Gasteiger charge is 2.49. The van der Waals surface area contributed by atoms with Crippen LogP contribution in [0.1, 0.15) is 63.5 Å². The molecular formula is C25H36N4O. The maximum Gasteiger partial charge on any atom is 0.233 e. The Kier molecular flexibility index (Phi) is 6.18. The summed E-state index contributed by atoms with van der Waals surface area (Å²) in [6, 6.07) is 6.61. The second-order valence-corrected chi connectivity index (χ2v) is 9.90. The van der Waals surface area contributed by atoms with Crippen molar-refractivity contribution in [3.8, 4) is 0 Å². The minimum atomic E-state index is -0.436. The van der Waals surface area contributed by atoms with Gasteiger partial charge in [-0.1, -0.05) is 32.0 Å². The van der Waals surface area contributed by atoms with Gasteiger partial charge in [0.15, 0.2) is 5.69 Å². The molecule has 2 aliphatic heterocycles. The molecule has 4 rings (SSSR count). The Bertz CT molecular complexity index is 811. The zero-order valence-electron chi connectivity index (χ0n) is 18.6. The summed E-state index contributed by atoms with van der Waals surface area (Å²) in [5, 5.41) is 0. The van der Waals surface area contributed by atoms with Crippen molar-refractivity contribution in [1.29, 1.82) is 0 Å². The van der Waals surface area contributed by atoms with Gasteiger partial charge in [-0.05, 0) is 74.6 Å². The SMILES string of the molecule is [C-]#[N+]c1ccc2c(c1)CN(CCN)C(=O)C21CCN(C2CCC(C(C)C)CC2)CC1. The molecule has 30 heavy (non-hydrogen) atoms. The predicted octanol–water partition coefficient (Wildman–Crippen LogP) is 4.09. The van der Waals surface area contributed by atoms with Crippen molar-refractivity contribution < 1.29 is 4.79 Å². The molecule has 2 fully saturated rings. The average molecular weight is 409 g/mol. The third kappa shape index (κ3) is 3.76. The molecule has 0 atom stereocenters. The monoisotopic (exact) mass is 408 g/mol. The van der Waals surface area contributed by atoms with Crippen LogP contribution in [0.15, 0.2) is 18.2 Å². The number of hydrogen-bond donors (Lipinski definition) is 1. The van der Waals surface area contributed by atoms with Gasteiger partial charge in [-0.3, -0.25) is 4.79 Å². The Balaban J connectivity index is 1.53. The molecule has 1 saturated carbocycles. The van der Waals surface area contributed by atoms with Crippen LogP contribution < -0.4 is 5.73 Å². The van der Waals surface area contributed by atoms with Gasteiger partial charge in [-0.2, -0.15) is 0 Å². The Morgan fingerprint density at radius 1 is 1.20 bits per heavy atom. The second kappa shape index (κ2) is 8.69. The van der Waals surface area contributed by atoms with Crippen molar-refractivity contribution in [3.05, 3.63) is 40.7 Å². The van der Waals surface area contributed by atoms with Gasteiger partial charge in [0, 0.05) is 25.7 Å². The average Bonchev–Trinajstić information content (AvgIpc) is 2.77. The molecule has 1 aliphatic carbocycles. The summed E-state index contributed by atoms with van der Waals surface area (Å²) in [6.45, 7) is 15.7. The molecule has 3 aliphatic rings. The third-order valence-electron chi connectivity index (χ3n) is 8.04. The van der Waals surface area contributed by atoms with E-state index in [0.717, 1.165) is 48.9 Å². The van der Waals surface area contributed by atoms with Gasteiger partial charge in [0.2, 0.25) is 5.91 Å². The zero-order chi connectivity index (χ0) is 21.3. The number of nitrogens with zero attached hydrogens (tertiary/aromatic N) is 3. The summed E-state index contributed by atoms with van der Waals surface area (Å²) in [4.78, 5) is 21.8. The topological polar surface area (TPSA) is 53.9 Å². The molecule has 5 heteroatoms. The number of carbonyl (C=O) groups is 1. The molecule has 1 aromatic carbocycles. The molecule has 2 heterocycles. The fourth-order valence-electron chi connectivity index (χ4n) is 6.17. The molecule has 1 saturated heterocycles. The first kappa shape index (κ1) is 21.3. The highest BCUT2D eigenvalue weighted by Crippen LogP contribution is 2.45. The molecule has 1 spiro atoms. The van der Waals surface area contributed by atoms with Gasteiger partial charge < -0.3 is 15.5 Å². The number of piperidine rings is 1. The number of hydrogen-bond acceptors (Lipinski definition) is 3. The van der Waals surface area contributed by atoms with Crippen molar-refractivity contribution >= 4 is 11.6 Å².